The van der Waals surface area contributed by atoms with E-state index in [0.717, 1.165) is 17.7 Å². The fraction of sp³-hybridized carbons (Fsp3) is 0.184. The van der Waals surface area contributed by atoms with E-state index in [1.165, 1.54) is 16.7 Å². The van der Waals surface area contributed by atoms with Crippen molar-refractivity contribution in [2.45, 2.75) is 33.0 Å². The van der Waals surface area contributed by atoms with Gasteiger partial charge in [-0.1, -0.05) is 86.6 Å². The van der Waals surface area contributed by atoms with E-state index < -0.39 is 12.2 Å². The number of aliphatic imine (C=N–C) groups is 1. The Morgan fingerprint density at radius 1 is 0.844 bits per heavy atom. The zero-order valence-corrected chi connectivity index (χ0v) is 25.5. The first-order valence-electron chi connectivity index (χ1n) is 15.1. The maximum atomic E-state index is 12.7. The highest BCUT2D eigenvalue weighted by atomic mass is 16.6. The van der Waals surface area contributed by atoms with Gasteiger partial charge in [-0.2, -0.15) is 4.57 Å². The van der Waals surface area contributed by atoms with Gasteiger partial charge < -0.3 is 19.9 Å². The van der Waals surface area contributed by atoms with Gasteiger partial charge in [-0.15, -0.1) is 0 Å². The molecule has 45 heavy (non-hydrogen) atoms. The van der Waals surface area contributed by atoms with E-state index in [4.69, 9.17) is 9.47 Å². The quantitative estimate of drug-likeness (QED) is 0.0756. The van der Waals surface area contributed by atoms with E-state index in [-0.39, 0.29) is 18.4 Å². The molecule has 1 heterocycles. The molecule has 7 heteroatoms. The molecule has 0 bridgehead atoms. The summed E-state index contributed by atoms with van der Waals surface area (Å²) >= 11 is 0. The second-order valence-corrected chi connectivity index (χ2v) is 11.0. The first-order chi connectivity index (χ1) is 22.0. The number of hydrogen-bond acceptors (Lipinski definition) is 5. The molecular formula is C38H37N3O4. The zero-order valence-electron chi connectivity index (χ0n) is 25.5. The van der Waals surface area contributed by atoms with Crippen molar-refractivity contribution in [1.82, 2.24) is 0 Å². The highest BCUT2D eigenvalue weighted by Gasteiger charge is 2.27. The van der Waals surface area contributed by atoms with Crippen LogP contribution in [-0.2, 0) is 17.7 Å². The zero-order chi connectivity index (χ0) is 31.4. The van der Waals surface area contributed by atoms with Crippen LogP contribution in [0, 0.1) is 5.92 Å². The predicted molar refractivity (Wildman–Crippen MR) is 175 cm³/mol. The average Bonchev–Trinajstić information content (AvgIpc) is 3.08. The lowest BCUT2D eigenvalue weighted by molar-refractivity contribution is -0.763. The summed E-state index contributed by atoms with van der Waals surface area (Å²) in [6.07, 6.45) is 3.96. The van der Waals surface area contributed by atoms with E-state index in [2.05, 4.69) is 40.6 Å². The van der Waals surface area contributed by atoms with Crippen LogP contribution in [-0.4, -0.2) is 18.6 Å². The highest BCUT2D eigenvalue weighted by molar-refractivity contribution is 5.89. The van der Waals surface area contributed by atoms with E-state index in [0.29, 0.717) is 17.9 Å². The van der Waals surface area contributed by atoms with Crippen molar-refractivity contribution in [1.29, 1.82) is 0 Å². The number of hydrogen-bond donors (Lipinski definition) is 1. The molecule has 0 aliphatic heterocycles. The smallest absolute Gasteiger partial charge is 0.343 e. The minimum absolute atomic E-state index is 0.0233. The lowest BCUT2D eigenvalue weighted by Crippen LogP contribution is -2.44. The largest absolute Gasteiger partial charge is 0.846 e. The Morgan fingerprint density at radius 2 is 1.53 bits per heavy atom. The van der Waals surface area contributed by atoms with Crippen LogP contribution in [0.2, 0.25) is 0 Å². The summed E-state index contributed by atoms with van der Waals surface area (Å²) in [6, 6.07) is 38.2. The monoisotopic (exact) mass is 599 g/mol. The molecule has 4 aromatic carbocycles. The molecule has 0 spiro atoms. The molecular weight excluding hydrogens is 562 g/mol. The van der Waals surface area contributed by atoms with Crippen LogP contribution in [0.1, 0.15) is 41.6 Å². The topological polar surface area (TPSA) is 86.9 Å². The van der Waals surface area contributed by atoms with Crippen LogP contribution in [0.15, 0.2) is 139 Å². The SMILES string of the molecule is CC(C)C(OC(=O)c1ccccc1)[n+]1cccc(CN=C([O-])Nc2ccc(OCCc3ccccc3-c3ccccc3)cc2)c1. The summed E-state index contributed by atoms with van der Waals surface area (Å²) in [5.41, 5.74) is 5.56. The van der Waals surface area contributed by atoms with Gasteiger partial charge in [-0.25, -0.2) is 4.79 Å². The molecule has 228 valence electrons. The van der Waals surface area contributed by atoms with E-state index in [1.54, 1.807) is 36.4 Å². The average molecular weight is 600 g/mol. The Morgan fingerprint density at radius 3 is 2.27 bits per heavy atom. The Hall–Kier alpha value is -5.43. The van der Waals surface area contributed by atoms with Gasteiger partial charge in [0.2, 0.25) is 0 Å². The molecule has 1 unspecified atom stereocenters. The number of pyridine rings is 1. The number of nitrogens with one attached hydrogen (secondary N) is 1. The third kappa shape index (κ3) is 8.80. The lowest BCUT2D eigenvalue weighted by Gasteiger charge is -2.17. The fourth-order valence-corrected chi connectivity index (χ4v) is 4.97. The van der Waals surface area contributed by atoms with Crippen LogP contribution in [0.4, 0.5) is 5.69 Å². The molecule has 5 aromatic rings. The molecule has 1 atom stereocenters. The summed E-state index contributed by atoms with van der Waals surface area (Å²) in [4.78, 5) is 16.9. The van der Waals surface area contributed by atoms with Crippen LogP contribution >= 0.6 is 0 Å². The number of nitrogens with zero attached hydrogens (tertiary/aromatic N) is 2. The van der Waals surface area contributed by atoms with Crippen molar-refractivity contribution in [2.24, 2.45) is 10.9 Å². The van der Waals surface area contributed by atoms with Crippen molar-refractivity contribution in [3.63, 3.8) is 0 Å². The second-order valence-electron chi connectivity index (χ2n) is 11.0. The third-order valence-corrected chi connectivity index (χ3v) is 7.24. The molecule has 0 radical (unpaired) electrons. The summed E-state index contributed by atoms with van der Waals surface area (Å²) in [6.45, 7) is 4.68. The maximum absolute atomic E-state index is 12.7. The Balaban J connectivity index is 1.13. The van der Waals surface area contributed by atoms with Gasteiger partial charge in [0.25, 0.3) is 0 Å². The van der Waals surface area contributed by atoms with Crippen LogP contribution in [0.3, 0.4) is 0 Å². The number of esters is 1. The number of ether oxygens (including phenoxy) is 2. The molecule has 7 nitrogen and oxygen atoms in total. The first-order valence-corrected chi connectivity index (χ1v) is 15.1. The summed E-state index contributed by atoms with van der Waals surface area (Å²) in [5, 5.41) is 15.4. The van der Waals surface area contributed by atoms with Gasteiger partial charge >= 0.3 is 12.2 Å². The van der Waals surface area contributed by atoms with Crippen molar-refractivity contribution in [3.8, 4) is 16.9 Å². The number of amidine groups is 1. The number of benzene rings is 4. The number of carbonyl (C=O) groups is 1. The molecule has 0 saturated carbocycles. The predicted octanol–water partition coefficient (Wildman–Crippen LogP) is 6.60. The van der Waals surface area contributed by atoms with Crippen molar-refractivity contribution in [3.05, 3.63) is 150 Å². The molecule has 0 saturated heterocycles. The molecule has 0 amide bonds. The highest BCUT2D eigenvalue weighted by Crippen LogP contribution is 2.24. The Bertz CT molecular complexity index is 1700. The first kappa shape index (κ1) is 31.0. The number of anilines is 1. The summed E-state index contributed by atoms with van der Waals surface area (Å²) < 4.78 is 13.7. The third-order valence-electron chi connectivity index (χ3n) is 7.24. The van der Waals surface area contributed by atoms with Gasteiger partial charge in [-0.3, -0.25) is 4.99 Å². The Labute approximate surface area is 264 Å². The number of carbonyl (C=O) groups excluding carboxylic acids is 1. The minimum Gasteiger partial charge on any atom is -0.846 e. The maximum Gasteiger partial charge on any atom is 0.343 e. The fourth-order valence-electron chi connectivity index (χ4n) is 4.97. The molecule has 0 fully saturated rings. The second kappa shape index (κ2) is 15.3. The van der Waals surface area contributed by atoms with Crippen LogP contribution < -0.4 is 19.7 Å². The van der Waals surface area contributed by atoms with Gasteiger partial charge in [-0.05, 0) is 59.2 Å². The molecule has 1 N–H and O–H groups in total. The Kier molecular flexibility index (Phi) is 10.6. The van der Waals surface area contributed by atoms with E-state index in [9.17, 15) is 9.90 Å². The van der Waals surface area contributed by atoms with E-state index in [1.807, 2.05) is 85.4 Å². The molecule has 0 aliphatic carbocycles. The molecule has 5 rings (SSSR count). The van der Waals surface area contributed by atoms with E-state index >= 15 is 0 Å². The van der Waals surface area contributed by atoms with Crippen LogP contribution in [0.25, 0.3) is 11.1 Å². The van der Waals surface area contributed by atoms with Crippen molar-refractivity contribution < 1.29 is 23.9 Å². The van der Waals surface area contributed by atoms with Crippen molar-refractivity contribution in [2.75, 3.05) is 11.9 Å². The van der Waals surface area contributed by atoms with Crippen molar-refractivity contribution >= 4 is 17.7 Å². The van der Waals surface area contributed by atoms with Gasteiger partial charge in [0.05, 0.1) is 30.7 Å². The van der Waals surface area contributed by atoms with Gasteiger partial charge in [0, 0.05) is 23.7 Å². The standard InChI is InChI=1S/C38H37N3O4/c1-28(2)36(45-37(42)32-16-7-4-8-17-32)41-24-11-12-29(27-41)26-39-38(43)40-33-19-21-34(22-20-33)44-25-23-31-15-9-10-18-35(31)30-13-5-3-6-14-30/h3-22,24,27-28,36H,23,25-26H2,1-2H3,(H-,39,40,43). The minimum atomic E-state index is -0.508. The number of aromatic nitrogens is 1. The molecule has 1 aromatic heterocycles. The van der Waals surface area contributed by atoms with Gasteiger partial charge in [0.15, 0.2) is 12.4 Å². The van der Waals surface area contributed by atoms with Gasteiger partial charge in [0.1, 0.15) is 5.75 Å². The summed E-state index contributed by atoms with van der Waals surface area (Å²) in [7, 11) is 0. The normalized spacial score (nSPS) is 12.0. The van der Waals surface area contributed by atoms with Crippen LogP contribution in [0.5, 0.6) is 5.75 Å². The number of rotatable bonds is 12. The molecule has 0 aliphatic rings. The summed E-state index contributed by atoms with van der Waals surface area (Å²) in [5.74, 6) is 0.361. The lowest BCUT2D eigenvalue weighted by atomic mass is 9.98.